The molecule has 0 aliphatic heterocycles. The van der Waals surface area contributed by atoms with E-state index in [0.29, 0.717) is 35.1 Å². The number of amides is 2. The zero-order valence-corrected chi connectivity index (χ0v) is 14.9. The summed E-state index contributed by atoms with van der Waals surface area (Å²) in [6.45, 7) is 2.29. The lowest BCUT2D eigenvalue weighted by Crippen LogP contribution is -2.45. The number of carbonyl (C=O) groups excluding carboxylic acids is 2. The monoisotopic (exact) mass is 371 g/mol. The number of nitrogens with zero attached hydrogens (tertiary/aromatic N) is 2. The lowest BCUT2D eigenvalue weighted by molar-refractivity contribution is -0.122. The van der Waals surface area contributed by atoms with Crippen molar-refractivity contribution >= 4 is 29.2 Å². The molecule has 1 aromatic carbocycles. The van der Waals surface area contributed by atoms with Crippen molar-refractivity contribution in [2.45, 2.75) is 13.0 Å². The van der Waals surface area contributed by atoms with Gasteiger partial charge in [0.25, 0.3) is 5.91 Å². The molecule has 0 saturated heterocycles. The molecule has 2 amide bonds. The van der Waals surface area contributed by atoms with Gasteiger partial charge in [0.05, 0.1) is 16.1 Å². The SMILES string of the molecule is CC(NC(=O)c1ccccc1Cl)C(=O)NCCNc1ncccc1C#N. The van der Waals surface area contributed by atoms with E-state index in [4.69, 9.17) is 16.9 Å². The third-order valence-corrected chi connectivity index (χ3v) is 3.83. The van der Waals surface area contributed by atoms with Gasteiger partial charge in [-0.3, -0.25) is 9.59 Å². The van der Waals surface area contributed by atoms with Crippen LogP contribution in [0.2, 0.25) is 5.02 Å². The molecule has 1 aromatic heterocycles. The summed E-state index contributed by atoms with van der Waals surface area (Å²) >= 11 is 5.97. The van der Waals surface area contributed by atoms with Crippen LogP contribution in [0.1, 0.15) is 22.8 Å². The quantitative estimate of drug-likeness (QED) is 0.645. The molecule has 8 heteroatoms. The first-order chi connectivity index (χ1) is 12.5. The van der Waals surface area contributed by atoms with E-state index in [1.54, 1.807) is 49.5 Å². The standard InChI is InChI=1S/C18H18ClN5O2/c1-12(24-18(26)14-6-2-3-7-15(14)19)17(25)23-10-9-22-16-13(11-20)5-4-8-21-16/h2-8,12H,9-10H2,1H3,(H,21,22)(H,23,25)(H,24,26). The largest absolute Gasteiger partial charge is 0.367 e. The average molecular weight is 372 g/mol. The Morgan fingerprint density at radius 2 is 2.00 bits per heavy atom. The predicted octanol–water partition coefficient (Wildman–Crippen LogP) is 1.95. The number of carbonyl (C=O) groups is 2. The van der Waals surface area contributed by atoms with Crippen molar-refractivity contribution in [2.24, 2.45) is 0 Å². The van der Waals surface area contributed by atoms with E-state index >= 15 is 0 Å². The van der Waals surface area contributed by atoms with Crippen LogP contribution in [-0.4, -0.2) is 35.9 Å². The van der Waals surface area contributed by atoms with E-state index < -0.39 is 11.9 Å². The number of aromatic nitrogens is 1. The first kappa shape index (κ1) is 19.2. The number of nitrogens with one attached hydrogen (secondary N) is 3. The lowest BCUT2D eigenvalue weighted by Gasteiger charge is -2.15. The van der Waals surface area contributed by atoms with E-state index in [1.807, 2.05) is 6.07 Å². The molecule has 7 nitrogen and oxygen atoms in total. The van der Waals surface area contributed by atoms with Gasteiger partial charge < -0.3 is 16.0 Å². The van der Waals surface area contributed by atoms with Crippen molar-refractivity contribution < 1.29 is 9.59 Å². The summed E-state index contributed by atoms with van der Waals surface area (Å²) in [4.78, 5) is 28.3. The van der Waals surface area contributed by atoms with E-state index in [1.165, 1.54) is 0 Å². The summed E-state index contributed by atoms with van der Waals surface area (Å²) in [6, 6.07) is 11.3. The first-order valence-corrected chi connectivity index (χ1v) is 8.33. The van der Waals surface area contributed by atoms with Gasteiger partial charge in [-0.1, -0.05) is 23.7 Å². The van der Waals surface area contributed by atoms with Gasteiger partial charge in [0.1, 0.15) is 17.9 Å². The number of pyridine rings is 1. The second-order valence-corrected chi connectivity index (χ2v) is 5.81. The number of halogens is 1. The number of benzene rings is 1. The third kappa shape index (κ3) is 5.19. The maximum Gasteiger partial charge on any atom is 0.253 e. The molecule has 1 unspecified atom stereocenters. The van der Waals surface area contributed by atoms with Crippen molar-refractivity contribution in [3.8, 4) is 6.07 Å². The fourth-order valence-electron chi connectivity index (χ4n) is 2.14. The van der Waals surface area contributed by atoms with E-state index in [2.05, 4.69) is 20.9 Å². The Hall–Kier alpha value is -3.11. The second-order valence-electron chi connectivity index (χ2n) is 5.40. The van der Waals surface area contributed by atoms with Gasteiger partial charge in [-0.05, 0) is 31.2 Å². The van der Waals surface area contributed by atoms with Gasteiger partial charge in [-0.25, -0.2) is 4.98 Å². The molecule has 134 valence electrons. The Morgan fingerprint density at radius 1 is 1.23 bits per heavy atom. The van der Waals surface area contributed by atoms with Crippen LogP contribution in [0, 0.1) is 11.3 Å². The van der Waals surface area contributed by atoms with Crippen molar-refractivity contribution in [2.75, 3.05) is 18.4 Å². The molecular weight excluding hydrogens is 354 g/mol. The summed E-state index contributed by atoms with van der Waals surface area (Å²) in [5.41, 5.74) is 0.744. The minimum absolute atomic E-state index is 0.312. The molecular formula is C18H18ClN5O2. The molecule has 0 aliphatic rings. The average Bonchev–Trinajstić information content (AvgIpc) is 2.65. The lowest BCUT2D eigenvalue weighted by atomic mass is 10.2. The number of rotatable bonds is 7. The van der Waals surface area contributed by atoms with Gasteiger partial charge in [0.15, 0.2) is 0 Å². The maximum absolute atomic E-state index is 12.1. The topological polar surface area (TPSA) is 107 Å². The molecule has 0 fully saturated rings. The molecule has 1 atom stereocenters. The molecule has 0 radical (unpaired) electrons. The van der Waals surface area contributed by atoms with Crippen LogP contribution in [0.25, 0.3) is 0 Å². The van der Waals surface area contributed by atoms with Crippen molar-refractivity contribution in [1.82, 2.24) is 15.6 Å². The summed E-state index contributed by atoms with van der Waals surface area (Å²) in [5, 5.41) is 17.6. The highest BCUT2D eigenvalue weighted by Gasteiger charge is 2.17. The molecule has 0 spiro atoms. The van der Waals surface area contributed by atoms with Crippen LogP contribution < -0.4 is 16.0 Å². The summed E-state index contributed by atoms with van der Waals surface area (Å²) in [6.07, 6.45) is 1.58. The van der Waals surface area contributed by atoms with Crippen molar-refractivity contribution in [3.63, 3.8) is 0 Å². The summed E-state index contributed by atoms with van der Waals surface area (Å²) in [5.74, 6) is -0.276. The van der Waals surface area contributed by atoms with Crippen LogP contribution >= 0.6 is 11.6 Å². The molecule has 0 aliphatic carbocycles. The maximum atomic E-state index is 12.1. The van der Waals surface area contributed by atoms with Crippen molar-refractivity contribution in [1.29, 1.82) is 5.26 Å². The predicted molar refractivity (Wildman–Crippen MR) is 98.8 cm³/mol. The van der Waals surface area contributed by atoms with Gasteiger partial charge in [0, 0.05) is 19.3 Å². The highest BCUT2D eigenvalue weighted by Crippen LogP contribution is 2.14. The Morgan fingerprint density at radius 3 is 2.73 bits per heavy atom. The minimum Gasteiger partial charge on any atom is -0.367 e. The van der Waals surface area contributed by atoms with Gasteiger partial charge >= 0.3 is 0 Å². The Labute approximate surface area is 156 Å². The second kappa shape index (κ2) is 9.39. The van der Waals surface area contributed by atoms with E-state index in [9.17, 15) is 9.59 Å². The molecule has 1 heterocycles. The fraction of sp³-hybridized carbons (Fsp3) is 0.222. The third-order valence-electron chi connectivity index (χ3n) is 3.50. The number of nitriles is 1. The van der Waals surface area contributed by atoms with Crippen LogP contribution in [0.15, 0.2) is 42.6 Å². The summed E-state index contributed by atoms with van der Waals surface area (Å²) < 4.78 is 0. The minimum atomic E-state index is -0.719. The van der Waals surface area contributed by atoms with Gasteiger partial charge in [-0.15, -0.1) is 0 Å². The van der Waals surface area contributed by atoms with Crippen LogP contribution in [0.5, 0.6) is 0 Å². The zero-order chi connectivity index (χ0) is 18.9. The number of anilines is 1. The highest BCUT2D eigenvalue weighted by atomic mass is 35.5. The van der Waals surface area contributed by atoms with E-state index in [-0.39, 0.29) is 5.91 Å². The number of hydrogen-bond acceptors (Lipinski definition) is 5. The van der Waals surface area contributed by atoms with Crippen LogP contribution in [0.3, 0.4) is 0 Å². The Bertz CT molecular complexity index is 834. The van der Waals surface area contributed by atoms with E-state index in [0.717, 1.165) is 0 Å². The molecule has 0 bridgehead atoms. The molecule has 3 N–H and O–H groups in total. The molecule has 0 saturated carbocycles. The van der Waals surface area contributed by atoms with Crippen molar-refractivity contribution in [3.05, 3.63) is 58.7 Å². The molecule has 26 heavy (non-hydrogen) atoms. The van der Waals surface area contributed by atoms with Gasteiger partial charge in [0.2, 0.25) is 5.91 Å². The smallest absolute Gasteiger partial charge is 0.253 e. The zero-order valence-electron chi connectivity index (χ0n) is 14.1. The molecule has 2 aromatic rings. The van der Waals surface area contributed by atoms with Crippen LogP contribution in [0.4, 0.5) is 5.82 Å². The summed E-state index contributed by atoms with van der Waals surface area (Å²) in [7, 11) is 0. The fourth-order valence-corrected chi connectivity index (χ4v) is 2.36. The molecule has 2 rings (SSSR count). The van der Waals surface area contributed by atoms with Crippen LogP contribution in [-0.2, 0) is 4.79 Å². The Kier molecular flexibility index (Phi) is 6.94. The normalized spacial score (nSPS) is 11.1. The highest BCUT2D eigenvalue weighted by molar-refractivity contribution is 6.33. The van der Waals surface area contributed by atoms with Gasteiger partial charge in [-0.2, -0.15) is 5.26 Å². The number of hydrogen-bond donors (Lipinski definition) is 3. The first-order valence-electron chi connectivity index (χ1n) is 7.95. The Balaban J connectivity index is 1.78.